The smallest absolute Gasteiger partial charge is 0.241 e. The second kappa shape index (κ2) is 5.34. The van der Waals surface area contributed by atoms with Gasteiger partial charge < -0.3 is 4.57 Å². The zero-order chi connectivity index (χ0) is 16.8. The number of aromatic nitrogens is 1. The van der Waals surface area contributed by atoms with Gasteiger partial charge in [-0.05, 0) is 30.7 Å². The maximum Gasteiger partial charge on any atom is 0.241 e. The lowest BCUT2D eigenvalue weighted by Gasteiger charge is -2.15. The summed E-state index contributed by atoms with van der Waals surface area (Å²) < 4.78 is 2.09. The summed E-state index contributed by atoms with van der Waals surface area (Å²) >= 11 is 0. The summed E-state index contributed by atoms with van der Waals surface area (Å²) in [7, 11) is 2.00. The predicted octanol–water partition coefficient (Wildman–Crippen LogP) is 3.53. The molecule has 0 spiro atoms. The summed E-state index contributed by atoms with van der Waals surface area (Å²) in [6.45, 7) is 2.01. The molecule has 0 N–H and O–H groups in total. The summed E-state index contributed by atoms with van der Waals surface area (Å²) in [4.78, 5) is 26.9. The van der Waals surface area contributed by atoms with Gasteiger partial charge in [0.15, 0.2) is 0 Å². The number of para-hydroxylation sites is 2. The van der Waals surface area contributed by atoms with Gasteiger partial charge in [0.1, 0.15) is 0 Å². The highest BCUT2D eigenvalue weighted by Gasteiger charge is 2.42. The Balaban J connectivity index is 1.84. The third-order valence-electron chi connectivity index (χ3n) is 4.96. The summed E-state index contributed by atoms with van der Waals surface area (Å²) in [6.07, 6.45) is 0.225. The molecule has 1 aliphatic rings. The molecule has 1 aromatic heterocycles. The van der Waals surface area contributed by atoms with E-state index in [0.29, 0.717) is 5.69 Å². The van der Waals surface area contributed by atoms with Gasteiger partial charge in [0.05, 0.1) is 11.6 Å². The van der Waals surface area contributed by atoms with Crippen molar-refractivity contribution in [2.45, 2.75) is 19.3 Å². The Labute approximate surface area is 140 Å². The summed E-state index contributed by atoms with van der Waals surface area (Å²) in [5.74, 6) is -0.682. The van der Waals surface area contributed by atoms with E-state index in [4.69, 9.17) is 0 Å². The van der Waals surface area contributed by atoms with Crippen LogP contribution >= 0.6 is 0 Å². The molecule has 0 bridgehead atoms. The quantitative estimate of drug-likeness (QED) is 0.678. The minimum Gasteiger partial charge on any atom is -0.348 e. The van der Waals surface area contributed by atoms with Crippen molar-refractivity contribution in [3.63, 3.8) is 0 Å². The van der Waals surface area contributed by atoms with E-state index in [2.05, 4.69) is 4.57 Å². The second-order valence-electron chi connectivity index (χ2n) is 6.23. The predicted molar refractivity (Wildman–Crippen MR) is 93.9 cm³/mol. The number of rotatable bonds is 2. The average molecular weight is 318 g/mol. The van der Waals surface area contributed by atoms with Crippen LogP contribution in [0, 0.1) is 6.92 Å². The Bertz CT molecular complexity index is 956. The van der Waals surface area contributed by atoms with E-state index in [1.807, 2.05) is 56.4 Å². The van der Waals surface area contributed by atoms with E-state index < -0.39 is 5.92 Å². The molecular formula is C20H18N2O2. The van der Waals surface area contributed by atoms with Crippen molar-refractivity contribution < 1.29 is 9.59 Å². The van der Waals surface area contributed by atoms with Crippen LogP contribution in [0.3, 0.4) is 0 Å². The molecule has 2 heterocycles. The number of nitrogens with zero attached hydrogens (tertiary/aromatic N) is 2. The molecular weight excluding hydrogens is 300 g/mol. The molecule has 4 heteroatoms. The van der Waals surface area contributed by atoms with Crippen LogP contribution in [-0.2, 0) is 16.6 Å². The molecule has 1 atom stereocenters. The van der Waals surface area contributed by atoms with Crippen molar-refractivity contribution in [2.24, 2.45) is 7.05 Å². The topological polar surface area (TPSA) is 42.3 Å². The van der Waals surface area contributed by atoms with Crippen molar-refractivity contribution >= 4 is 28.4 Å². The van der Waals surface area contributed by atoms with E-state index >= 15 is 0 Å². The number of aryl methyl sites for hydroxylation is 1. The van der Waals surface area contributed by atoms with Crippen LogP contribution in [0.2, 0.25) is 0 Å². The lowest BCUT2D eigenvalue weighted by atomic mass is 9.94. The first-order valence-corrected chi connectivity index (χ1v) is 8.05. The molecule has 0 saturated carbocycles. The Morgan fingerprint density at radius 3 is 2.38 bits per heavy atom. The number of anilines is 1. The average Bonchev–Trinajstić information content (AvgIpc) is 3.03. The van der Waals surface area contributed by atoms with E-state index in [9.17, 15) is 9.59 Å². The highest BCUT2D eigenvalue weighted by Crippen LogP contribution is 2.39. The van der Waals surface area contributed by atoms with Gasteiger partial charge in [-0.1, -0.05) is 36.4 Å². The van der Waals surface area contributed by atoms with E-state index in [0.717, 1.165) is 22.2 Å². The first-order chi connectivity index (χ1) is 11.6. The van der Waals surface area contributed by atoms with Crippen LogP contribution in [-0.4, -0.2) is 16.4 Å². The first-order valence-electron chi connectivity index (χ1n) is 8.05. The number of amides is 2. The van der Waals surface area contributed by atoms with E-state index in [1.54, 1.807) is 12.1 Å². The number of imide groups is 1. The number of fused-ring (bicyclic) bond motifs is 1. The monoisotopic (exact) mass is 318 g/mol. The molecule has 4 nitrogen and oxygen atoms in total. The zero-order valence-electron chi connectivity index (χ0n) is 13.7. The van der Waals surface area contributed by atoms with Crippen molar-refractivity contribution in [3.05, 3.63) is 65.9 Å². The second-order valence-corrected chi connectivity index (χ2v) is 6.23. The lowest BCUT2D eigenvalue weighted by Crippen LogP contribution is -2.30. The van der Waals surface area contributed by atoms with Gasteiger partial charge in [-0.25, -0.2) is 0 Å². The standard InChI is InChI=1S/C20H18N2O2/c1-13-19(15-10-6-7-11-17(15)21(13)2)16-12-18(23)22(20(16)24)14-8-4-3-5-9-14/h3-11,16H,12H2,1-2H3. The molecule has 0 radical (unpaired) electrons. The molecule has 120 valence electrons. The summed E-state index contributed by atoms with van der Waals surface area (Å²) in [5, 5.41) is 1.05. The van der Waals surface area contributed by atoms with Crippen molar-refractivity contribution in [2.75, 3.05) is 4.90 Å². The number of hydrogen-bond donors (Lipinski definition) is 0. The van der Waals surface area contributed by atoms with Crippen molar-refractivity contribution in [3.8, 4) is 0 Å². The lowest BCUT2D eigenvalue weighted by molar-refractivity contribution is -0.121. The minimum absolute atomic E-state index is 0.134. The van der Waals surface area contributed by atoms with Gasteiger partial charge in [-0.15, -0.1) is 0 Å². The molecule has 1 fully saturated rings. The fraction of sp³-hybridized carbons (Fsp3) is 0.200. The van der Waals surface area contributed by atoms with Gasteiger partial charge in [0.25, 0.3) is 0 Å². The fourth-order valence-corrected chi connectivity index (χ4v) is 3.70. The van der Waals surface area contributed by atoms with E-state index in [-0.39, 0.29) is 18.2 Å². The third-order valence-corrected chi connectivity index (χ3v) is 4.96. The minimum atomic E-state index is -0.413. The Morgan fingerprint density at radius 1 is 0.958 bits per heavy atom. The van der Waals surface area contributed by atoms with Crippen LogP contribution < -0.4 is 4.90 Å². The van der Waals surface area contributed by atoms with Crippen molar-refractivity contribution in [1.82, 2.24) is 4.57 Å². The van der Waals surface area contributed by atoms with Crippen LogP contribution in [0.4, 0.5) is 5.69 Å². The normalized spacial score (nSPS) is 17.9. The van der Waals surface area contributed by atoms with Gasteiger partial charge in [0, 0.05) is 30.1 Å². The number of hydrogen-bond acceptors (Lipinski definition) is 2. The molecule has 1 saturated heterocycles. The first kappa shape index (κ1) is 14.7. The largest absolute Gasteiger partial charge is 0.348 e. The third kappa shape index (κ3) is 1.99. The van der Waals surface area contributed by atoms with Gasteiger partial charge >= 0.3 is 0 Å². The Hall–Kier alpha value is -2.88. The van der Waals surface area contributed by atoms with Crippen LogP contribution in [0.5, 0.6) is 0 Å². The molecule has 2 amide bonds. The Morgan fingerprint density at radius 2 is 1.62 bits per heavy atom. The zero-order valence-corrected chi connectivity index (χ0v) is 13.7. The number of carbonyl (C=O) groups excluding carboxylic acids is 2. The van der Waals surface area contributed by atoms with Gasteiger partial charge in [-0.2, -0.15) is 0 Å². The van der Waals surface area contributed by atoms with Crippen LogP contribution in [0.15, 0.2) is 54.6 Å². The molecule has 3 aromatic rings. The molecule has 2 aromatic carbocycles. The van der Waals surface area contributed by atoms with Gasteiger partial charge in [-0.3, -0.25) is 14.5 Å². The van der Waals surface area contributed by atoms with Crippen molar-refractivity contribution in [1.29, 1.82) is 0 Å². The maximum atomic E-state index is 13.0. The highest BCUT2D eigenvalue weighted by atomic mass is 16.2. The SMILES string of the molecule is Cc1c(C2CC(=O)N(c3ccccc3)C2=O)c2ccccc2n1C. The van der Waals surface area contributed by atoms with Crippen LogP contribution in [0.25, 0.3) is 10.9 Å². The van der Waals surface area contributed by atoms with E-state index in [1.165, 1.54) is 4.90 Å². The van der Waals surface area contributed by atoms with Crippen LogP contribution in [0.1, 0.15) is 23.6 Å². The summed E-state index contributed by atoms with van der Waals surface area (Å²) in [6, 6.07) is 17.2. The molecule has 0 aliphatic carbocycles. The molecule has 24 heavy (non-hydrogen) atoms. The number of benzene rings is 2. The number of carbonyl (C=O) groups is 2. The molecule has 1 unspecified atom stereocenters. The Kier molecular flexibility index (Phi) is 3.27. The van der Waals surface area contributed by atoms with Gasteiger partial charge in [0.2, 0.25) is 11.8 Å². The molecule has 4 rings (SSSR count). The highest BCUT2D eigenvalue weighted by molar-refractivity contribution is 6.23. The fourth-order valence-electron chi connectivity index (χ4n) is 3.70. The summed E-state index contributed by atoms with van der Waals surface area (Å²) in [5.41, 5.74) is 3.75. The molecule has 1 aliphatic heterocycles. The maximum absolute atomic E-state index is 13.0.